The van der Waals surface area contributed by atoms with Crippen molar-refractivity contribution in [3.05, 3.63) is 47.8 Å². The van der Waals surface area contributed by atoms with E-state index in [4.69, 9.17) is 0 Å². The van der Waals surface area contributed by atoms with Gasteiger partial charge in [0.05, 0.1) is 11.4 Å². The van der Waals surface area contributed by atoms with E-state index < -0.39 is 0 Å². The topological polar surface area (TPSA) is 12.4 Å². The van der Waals surface area contributed by atoms with Crippen LogP contribution in [0.2, 0.25) is 0 Å². The van der Waals surface area contributed by atoms with Crippen molar-refractivity contribution >= 4 is 17.0 Å². The fourth-order valence-corrected chi connectivity index (χ4v) is 1.87. The van der Waals surface area contributed by atoms with E-state index >= 15 is 0 Å². The van der Waals surface area contributed by atoms with E-state index in [2.05, 4.69) is 11.1 Å². The Morgan fingerprint density at radius 3 is 3.14 bits per heavy atom. The van der Waals surface area contributed by atoms with Crippen LogP contribution in [-0.4, -0.2) is 5.71 Å². The molecule has 3 rings (SSSR count). The predicted molar refractivity (Wildman–Crippen MR) is 55.2 cm³/mol. The lowest BCUT2D eigenvalue weighted by Crippen LogP contribution is -1.97. The van der Waals surface area contributed by atoms with Crippen molar-refractivity contribution in [2.45, 2.75) is 6.42 Å². The first-order valence-corrected chi connectivity index (χ1v) is 4.59. The first-order valence-electron chi connectivity index (χ1n) is 4.59. The van der Waals surface area contributed by atoms with Gasteiger partial charge in [-0.15, -0.1) is 0 Å². The SMILES string of the molecule is Fc1ccc2c(c1)N=C1CC=CC=C12. The van der Waals surface area contributed by atoms with Gasteiger partial charge >= 0.3 is 0 Å². The normalized spacial score (nSPS) is 17.2. The molecule has 0 saturated carbocycles. The van der Waals surface area contributed by atoms with Crippen LogP contribution in [0.25, 0.3) is 5.57 Å². The van der Waals surface area contributed by atoms with Gasteiger partial charge in [-0.1, -0.05) is 18.2 Å². The zero-order valence-corrected chi connectivity index (χ0v) is 7.50. The van der Waals surface area contributed by atoms with E-state index in [-0.39, 0.29) is 5.82 Å². The van der Waals surface area contributed by atoms with Gasteiger partial charge in [0, 0.05) is 23.6 Å². The third-order valence-electron chi connectivity index (χ3n) is 2.53. The highest BCUT2D eigenvalue weighted by molar-refractivity contribution is 6.30. The van der Waals surface area contributed by atoms with Crippen molar-refractivity contribution in [3.8, 4) is 0 Å². The second kappa shape index (κ2) is 2.64. The molecule has 1 nitrogen and oxygen atoms in total. The molecule has 0 atom stereocenters. The maximum Gasteiger partial charge on any atom is 0.125 e. The highest BCUT2D eigenvalue weighted by Crippen LogP contribution is 2.37. The average Bonchev–Trinajstić information content (AvgIpc) is 2.54. The summed E-state index contributed by atoms with van der Waals surface area (Å²) in [5, 5.41) is 0. The Labute approximate surface area is 81.3 Å². The number of nitrogens with zero attached hydrogens (tertiary/aromatic N) is 1. The number of hydrogen-bond acceptors (Lipinski definition) is 1. The van der Waals surface area contributed by atoms with E-state index in [0.717, 1.165) is 29.0 Å². The van der Waals surface area contributed by atoms with E-state index in [1.807, 2.05) is 12.2 Å². The molecule has 1 aromatic carbocycles. The molecule has 14 heavy (non-hydrogen) atoms. The number of benzene rings is 1. The zero-order valence-electron chi connectivity index (χ0n) is 7.50. The first-order chi connectivity index (χ1) is 6.84. The Kier molecular flexibility index (Phi) is 1.45. The average molecular weight is 185 g/mol. The minimum Gasteiger partial charge on any atom is -0.252 e. The van der Waals surface area contributed by atoms with Crippen LogP contribution in [0.5, 0.6) is 0 Å². The monoisotopic (exact) mass is 185 g/mol. The van der Waals surface area contributed by atoms with Gasteiger partial charge < -0.3 is 0 Å². The molecule has 1 aliphatic carbocycles. The Morgan fingerprint density at radius 2 is 2.21 bits per heavy atom. The van der Waals surface area contributed by atoms with Gasteiger partial charge in [0.15, 0.2) is 0 Å². The molecule has 0 bridgehead atoms. The van der Waals surface area contributed by atoms with Crippen LogP contribution in [-0.2, 0) is 0 Å². The zero-order chi connectivity index (χ0) is 9.54. The summed E-state index contributed by atoms with van der Waals surface area (Å²) in [7, 11) is 0. The molecule has 2 aliphatic rings. The van der Waals surface area contributed by atoms with Gasteiger partial charge in [-0.3, -0.25) is 4.99 Å². The van der Waals surface area contributed by atoms with E-state index in [0.29, 0.717) is 0 Å². The van der Waals surface area contributed by atoms with Crippen molar-refractivity contribution in [1.29, 1.82) is 0 Å². The molecule has 1 aromatic rings. The third-order valence-corrected chi connectivity index (χ3v) is 2.53. The molecule has 0 N–H and O–H groups in total. The lowest BCUT2D eigenvalue weighted by molar-refractivity contribution is 0.628. The van der Waals surface area contributed by atoms with Gasteiger partial charge in [-0.2, -0.15) is 0 Å². The predicted octanol–water partition coefficient (Wildman–Crippen LogP) is 3.26. The lowest BCUT2D eigenvalue weighted by Gasteiger charge is -2.04. The van der Waals surface area contributed by atoms with Gasteiger partial charge in [-0.25, -0.2) is 4.39 Å². The summed E-state index contributed by atoms with van der Waals surface area (Å²) >= 11 is 0. The molecule has 1 heterocycles. The molecule has 0 unspecified atom stereocenters. The highest BCUT2D eigenvalue weighted by atomic mass is 19.1. The Balaban J connectivity index is 2.24. The number of rotatable bonds is 0. The number of fused-ring (bicyclic) bond motifs is 3. The molecular weight excluding hydrogens is 177 g/mol. The van der Waals surface area contributed by atoms with Crippen LogP contribution < -0.4 is 0 Å². The lowest BCUT2D eigenvalue weighted by atomic mass is 9.97. The minimum absolute atomic E-state index is 0.222. The molecule has 0 aromatic heterocycles. The Bertz CT molecular complexity index is 495. The van der Waals surface area contributed by atoms with Crippen LogP contribution in [0.15, 0.2) is 41.4 Å². The van der Waals surface area contributed by atoms with E-state index in [9.17, 15) is 4.39 Å². The maximum absolute atomic E-state index is 12.9. The molecule has 0 amide bonds. The van der Waals surface area contributed by atoms with Crippen molar-refractivity contribution in [3.63, 3.8) is 0 Å². The fourth-order valence-electron chi connectivity index (χ4n) is 1.87. The summed E-state index contributed by atoms with van der Waals surface area (Å²) in [5.74, 6) is -0.222. The van der Waals surface area contributed by atoms with Gasteiger partial charge in [0.2, 0.25) is 0 Å². The summed E-state index contributed by atoms with van der Waals surface area (Å²) in [5.41, 5.74) is 4.00. The molecule has 1 aliphatic heterocycles. The Morgan fingerprint density at radius 1 is 1.29 bits per heavy atom. The molecule has 0 spiro atoms. The second-order valence-corrected chi connectivity index (χ2v) is 3.43. The molecule has 0 radical (unpaired) electrons. The summed E-state index contributed by atoms with van der Waals surface area (Å²) in [4.78, 5) is 4.39. The summed E-state index contributed by atoms with van der Waals surface area (Å²) < 4.78 is 12.9. The van der Waals surface area contributed by atoms with Gasteiger partial charge in [0.1, 0.15) is 5.82 Å². The molecule has 0 saturated heterocycles. The standard InChI is InChI=1S/C12H8FN/c13-8-5-6-10-9-3-1-2-4-11(9)14-12(10)7-8/h1-3,5-7H,4H2. The second-order valence-electron chi connectivity index (χ2n) is 3.43. The minimum atomic E-state index is -0.222. The van der Waals surface area contributed by atoms with Crippen LogP contribution in [0.4, 0.5) is 10.1 Å². The van der Waals surface area contributed by atoms with Crippen LogP contribution in [0.1, 0.15) is 12.0 Å². The van der Waals surface area contributed by atoms with E-state index in [1.165, 1.54) is 12.1 Å². The molecule has 2 heteroatoms. The third kappa shape index (κ3) is 0.970. The molecular formula is C12H8FN. The van der Waals surface area contributed by atoms with Crippen LogP contribution in [0, 0.1) is 5.82 Å². The smallest absolute Gasteiger partial charge is 0.125 e. The summed E-state index contributed by atoms with van der Waals surface area (Å²) in [6.07, 6.45) is 6.96. The maximum atomic E-state index is 12.9. The van der Waals surface area contributed by atoms with Crippen LogP contribution >= 0.6 is 0 Å². The van der Waals surface area contributed by atoms with Crippen molar-refractivity contribution in [2.24, 2.45) is 4.99 Å². The highest BCUT2D eigenvalue weighted by Gasteiger charge is 2.20. The number of allylic oxidation sites excluding steroid dienone is 4. The van der Waals surface area contributed by atoms with Gasteiger partial charge in [0.25, 0.3) is 0 Å². The number of hydrogen-bond donors (Lipinski definition) is 0. The number of halogens is 1. The molecule has 0 fully saturated rings. The summed E-state index contributed by atoms with van der Waals surface area (Å²) in [6.45, 7) is 0. The first kappa shape index (κ1) is 7.68. The van der Waals surface area contributed by atoms with E-state index in [1.54, 1.807) is 6.07 Å². The van der Waals surface area contributed by atoms with Crippen molar-refractivity contribution in [1.82, 2.24) is 0 Å². The summed E-state index contributed by atoms with van der Waals surface area (Å²) in [6, 6.07) is 4.77. The molecule has 68 valence electrons. The quantitative estimate of drug-likeness (QED) is 0.588. The van der Waals surface area contributed by atoms with Crippen molar-refractivity contribution in [2.75, 3.05) is 0 Å². The van der Waals surface area contributed by atoms with Crippen LogP contribution in [0.3, 0.4) is 0 Å². The Hall–Kier alpha value is -1.70. The fraction of sp³-hybridized carbons (Fsp3) is 0.0833. The van der Waals surface area contributed by atoms with Crippen molar-refractivity contribution < 1.29 is 4.39 Å². The largest absolute Gasteiger partial charge is 0.252 e. The number of aliphatic imine (C=N–C) groups is 1. The van der Waals surface area contributed by atoms with Gasteiger partial charge in [-0.05, 0) is 12.1 Å².